The number of nitrogens with zero attached hydrogens (tertiary/aromatic N) is 2. The molecule has 0 aliphatic rings. The fourth-order valence-corrected chi connectivity index (χ4v) is 4.20. The second-order valence-electron chi connectivity index (χ2n) is 9.81. The highest BCUT2D eigenvalue weighted by Crippen LogP contribution is 2.27. The van der Waals surface area contributed by atoms with Gasteiger partial charge in [0.25, 0.3) is 0 Å². The minimum Gasteiger partial charge on any atom is -0.453 e. The Balaban J connectivity index is 0.000000160. The molecule has 0 radical (unpaired) electrons. The number of benzene rings is 2. The quantitative estimate of drug-likeness (QED) is 0.193. The van der Waals surface area contributed by atoms with Crippen LogP contribution in [-0.2, 0) is 9.47 Å². The number of carbonyl (C=O) groups excluding carboxylic acids is 2. The van der Waals surface area contributed by atoms with Crippen molar-refractivity contribution < 1.29 is 19.1 Å². The fourth-order valence-electron chi connectivity index (χ4n) is 4.20. The maximum absolute atomic E-state index is 11.8. The Labute approximate surface area is 223 Å². The summed E-state index contributed by atoms with van der Waals surface area (Å²) in [5, 5.41) is 9.45. The smallest absolute Gasteiger partial charge is 0.413 e. The van der Waals surface area contributed by atoms with E-state index in [1.54, 1.807) is 12.4 Å². The van der Waals surface area contributed by atoms with Gasteiger partial charge in [0, 0.05) is 32.6 Å². The van der Waals surface area contributed by atoms with Crippen molar-refractivity contribution in [1.82, 2.24) is 19.9 Å². The average Bonchev–Trinajstić information content (AvgIpc) is 3.46. The Bertz CT molecular complexity index is 1820. The number of rotatable bonds is 2. The third kappa shape index (κ3) is 5.74. The summed E-state index contributed by atoms with van der Waals surface area (Å²) in [5.74, 6) is 0.945. The standard InChI is InChI=1S/C16H17N3O2.C13H11N3O2/c1-16(2,3)21-15(20)19-14-8-11-10-6-4-5-7-12(10)18-13(11)9-17-14;1-18-13(17)16-12-6-9-8-4-2-3-5-10(8)15-11(9)7-14-12/h4-9,18H,1-3H3,(H,17,19,20);2-7,15H,1H3,(H,14,16,17). The van der Waals surface area contributed by atoms with Crippen molar-refractivity contribution in [3.8, 4) is 0 Å². The Kier molecular flexibility index (Phi) is 6.76. The van der Waals surface area contributed by atoms with Crippen LogP contribution < -0.4 is 10.6 Å². The lowest BCUT2D eigenvalue weighted by Crippen LogP contribution is -2.27. The van der Waals surface area contributed by atoms with Crippen molar-refractivity contribution >= 4 is 67.4 Å². The largest absolute Gasteiger partial charge is 0.453 e. The van der Waals surface area contributed by atoms with Crippen LogP contribution in [0.25, 0.3) is 43.6 Å². The molecule has 198 valence electrons. The van der Waals surface area contributed by atoms with Gasteiger partial charge in [-0.25, -0.2) is 19.6 Å². The van der Waals surface area contributed by atoms with E-state index >= 15 is 0 Å². The van der Waals surface area contributed by atoms with E-state index in [1.807, 2.05) is 81.4 Å². The molecule has 0 aliphatic heterocycles. The molecule has 6 aromatic rings. The molecule has 39 heavy (non-hydrogen) atoms. The highest BCUT2D eigenvalue weighted by Gasteiger charge is 2.17. The number of amides is 2. The zero-order valence-corrected chi connectivity index (χ0v) is 22.0. The Morgan fingerprint density at radius 3 is 1.62 bits per heavy atom. The van der Waals surface area contributed by atoms with Gasteiger partial charge >= 0.3 is 12.2 Å². The molecule has 10 heteroatoms. The molecule has 0 saturated heterocycles. The molecule has 4 aromatic heterocycles. The molecule has 2 aromatic carbocycles. The number of nitrogens with one attached hydrogen (secondary N) is 4. The normalized spacial score (nSPS) is 11.3. The van der Waals surface area contributed by atoms with Crippen LogP contribution in [0.1, 0.15) is 20.8 Å². The van der Waals surface area contributed by atoms with Gasteiger partial charge in [-0.15, -0.1) is 0 Å². The van der Waals surface area contributed by atoms with Crippen molar-refractivity contribution in [3.63, 3.8) is 0 Å². The number of aromatic amines is 2. The van der Waals surface area contributed by atoms with Crippen LogP contribution in [0.4, 0.5) is 21.2 Å². The SMILES string of the molecule is CC(C)(C)OC(=O)Nc1cc2c(cn1)[nH]c1ccccc12.COC(=O)Nc1cc2c(cn1)[nH]c1ccccc12. The van der Waals surface area contributed by atoms with Crippen molar-refractivity contribution in [2.24, 2.45) is 0 Å². The lowest BCUT2D eigenvalue weighted by atomic mass is 10.2. The molecule has 0 fully saturated rings. The maximum Gasteiger partial charge on any atom is 0.413 e. The van der Waals surface area contributed by atoms with Gasteiger partial charge in [-0.3, -0.25) is 10.6 Å². The molecule has 2 amide bonds. The number of hydrogen-bond donors (Lipinski definition) is 4. The van der Waals surface area contributed by atoms with Gasteiger partial charge in [0.2, 0.25) is 0 Å². The van der Waals surface area contributed by atoms with Gasteiger partial charge < -0.3 is 19.4 Å². The summed E-state index contributed by atoms with van der Waals surface area (Å²) in [4.78, 5) is 37.9. The summed E-state index contributed by atoms with van der Waals surface area (Å²) >= 11 is 0. The second-order valence-corrected chi connectivity index (χ2v) is 9.81. The van der Waals surface area contributed by atoms with E-state index in [-0.39, 0.29) is 0 Å². The summed E-state index contributed by atoms with van der Waals surface area (Å²) in [6, 6.07) is 19.6. The summed E-state index contributed by atoms with van der Waals surface area (Å²) in [7, 11) is 1.32. The predicted molar refractivity (Wildman–Crippen MR) is 153 cm³/mol. The molecule has 0 aliphatic carbocycles. The molecule has 0 atom stereocenters. The number of pyridine rings is 2. The maximum atomic E-state index is 11.8. The number of H-pyrrole nitrogens is 2. The predicted octanol–water partition coefficient (Wildman–Crippen LogP) is 6.96. The molecule has 4 heterocycles. The van der Waals surface area contributed by atoms with Crippen molar-refractivity contribution in [1.29, 1.82) is 0 Å². The van der Waals surface area contributed by atoms with Gasteiger partial charge in [0.05, 0.1) is 30.5 Å². The lowest BCUT2D eigenvalue weighted by molar-refractivity contribution is 0.0635. The molecule has 10 nitrogen and oxygen atoms in total. The Morgan fingerprint density at radius 1 is 0.692 bits per heavy atom. The van der Waals surface area contributed by atoms with Crippen LogP contribution >= 0.6 is 0 Å². The van der Waals surface area contributed by atoms with Crippen LogP contribution in [-0.4, -0.2) is 44.8 Å². The fraction of sp³-hybridized carbons (Fsp3) is 0.172. The van der Waals surface area contributed by atoms with E-state index in [1.165, 1.54) is 7.11 Å². The number of fused-ring (bicyclic) bond motifs is 6. The number of anilines is 2. The van der Waals surface area contributed by atoms with Gasteiger partial charge in [0.1, 0.15) is 17.2 Å². The first-order valence-electron chi connectivity index (χ1n) is 12.3. The zero-order valence-electron chi connectivity index (χ0n) is 22.0. The first-order valence-corrected chi connectivity index (χ1v) is 12.3. The molecular weight excluding hydrogens is 496 g/mol. The van der Waals surface area contributed by atoms with Gasteiger partial charge in [-0.2, -0.15) is 0 Å². The minimum atomic E-state index is -0.533. The molecule has 6 rings (SSSR count). The number of para-hydroxylation sites is 2. The summed E-state index contributed by atoms with van der Waals surface area (Å²) in [6.45, 7) is 5.47. The van der Waals surface area contributed by atoms with Crippen LogP contribution in [0.2, 0.25) is 0 Å². The van der Waals surface area contributed by atoms with E-state index in [9.17, 15) is 9.59 Å². The van der Waals surface area contributed by atoms with E-state index in [2.05, 4.69) is 35.3 Å². The molecule has 0 spiro atoms. The van der Waals surface area contributed by atoms with Gasteiger partial charge in [-0.1, -0.05) is 36.4 Å². The van der Waals surface area contributed by atoms with Crippen molar-refractivity contribution in [2.45, 2.75) is 26.4 Å². The number of aromatic nitrogens is 4. The summed E-state index contributed by atoms with van der Waals surface area (Å²) in [6.07, 6.45) is 2.37. The first-order chi connectivity index (χ1) is 18.7. The van der Waals surface area contributed by atoms with E-state index < -0.39 is 17.8 Å². The number of carbonyl (C=O) groups is 2. The van der Waals surface area contributed by atoms with Crippen LogP contribution in [0.5, 0.6) is 0 Å². The number of ether oxygens (including phenoxy) is 2. The highest BCUT2D eigenvalue weighted by molar-refractivity contribution is 6.09. The monoisotopic (exact) mass is 524 g/mol. The first kappa shape index (κ1) is 25.5. The highest BCUT2D eigenvalue weighted by atomic mass is 16.6. The third-order valence-corrected chi connectivity index (χ3v) is 5.83. The van der Waals surface area contributed by atoms with E-state index in [0.29, 0.717) is 11.6 Å². The van der Waals surface area contributed by atoms with Crippen LogP contribution in [0.15, 0.2) is 73.1 Å². The van der Waals surface area contributed by atoms with Crippen LogP contribution in [0.3, 0.4) is 0 Å². The van der Waals surface area contributed by atoms with Crippen molar-refractivity contribution in [2.75, 3.05) is 17.7 Å². The molecule has 4 N–H and O–H groups in total. The topological polar surface area (TPSA) is 134 Å². The minimum absolute atomic E-state index is 0.471. The Hall–Kier alpha value is -5.12. The van der Waals surface area contributed by atoms with Gasteiger partial charge in [-0.05, 0) is 45.0 Å². The molecular formula is C29H28N6O4. The van der Waals surface area contributed by atoms with E-state index in [4.69, 9.17) is 4.74 Å². The third-order valence-electron chi connectivity index (χ3n) is 5.83. The van der Waals surface area contributed by atoms with Gasteiger partial charge in [0.15, 0.2) is 0 Å². The van der Waals surface area contributed by atoms with E-state index in [0.717, 1.165) is 43.6 Å². The number of hydrogen-bond acceptors (Lipinski definition) is 6. The van der Waals surface area contributed by atoms with Crippen molar-refractivity contribution in [3.05, 3.63) is 73.1 Å². The molecule has 0 unspecified atom stereocenters. The second kappa shape index (κ2) is 10.3. The summed E-state index contributed by atoms with van der Waals surface area (Å²) in [5.41, 5.74) is 3.43. The molecule has 0 saturated carbocycles. The summed E-state index contributed by atoms with van der Waals surface area (Å²) < 4.78 is 9.76. The Morgan fingerprint density at radius 2 is 1.15 bits per heavy atom. The zero-order chi connectivity index (χ0) is 27.6. The number of methoxy groups -OCH3 is 1. The lowest BCUT2D eigenvalue weighted by Gasteiger charge is -2.19. The average molecular weight is 525 g/mol. The van der Waals surface area contributed by atoms with Crippen LogP contribution in [0, 0.1) is 0 Å². The molecule has 0 bridgehead atoms.